The summed E-state index contributed by atoms with van der Waals surface area (Å²) in [6, 6.07) is 0.873. The molecule has 5 heteroatoms. The van der Waals surface area contributed by atoms with Gasteiger partial charge in [-0.15, -0.1) is 0 Å². The van der Waals surface area contributed by atoms with Gasteiger partial charge in [0.05, 0.1) is 0 Å². The number of aromatic nitrogens is 2. The molecule has 1 aromatic heterocycles. The minimum absolute atomic E-state index is 0.0342. The molecule has 15 heavy (non-hydrogen) atoms. The summed E-state index contributed by atoms with van der Waals surface area (Å²) in [5.74, 6) is 0.915. The Hall–Kier alpha value is -0.680. The van der Waals surface area contributed by atoms with E-state index in [-0.39, 0.29) is 5.41 Å². The molecule has 1 aliphatic rings. The molecule has 1 fully saturated rings. The summed E-state index contributed by atoms with van der Waals surface area (Å²) in [7, 11) is 0. The van der Waals surface area contributed by atoms with Crippen LogP contribution in [0.4, 0.5) is 5.13 Å². The maximum Gasteiger partial charge on any atom is 0.202 e. The summed E-state index contributed by atoms with van der Waals surface area (Å²) in [5, 5.41) is 4.29. The molecular formula is C10H18N4S. The van der Waals surface area contributed by atoms with Crippen LogP contribution in [-0.2, 0) is 5.41 Å². The van der Waals surface area contributed by atoms with Crippen molar-refractivity contribution in [1.82, 2.24) is 9.36 Å². The standard InChI is InChI=1S/C10H18N4S/c1-10(2,3)8-13-9(15-14-8)12-7-4-6(11)5-7/h6-7H,4-5,11H2,1-3H3,(H,12,13,14). The molecule has 0 aliphatic heterocycles. The fourth-order valence-corrected chi connectivity index (χ4v) is 2.38. The second-order valence-electron chi connectivity index (χ2n) is 5.25. The van der Waals surface area contributed by atoms with E-state index in [1.807, 2.05) is 0 Å². The van der Waals surface area contributed by atoms with E-state index in [0.717, 1.165) is 23.8 Å². The SMILES string of the molecule is CC(C)(C)c1nsc(NC2CC(N)C2)n1. The van der Waals surface area contributed by atoms with Crippen LogP contribution in [0.15, 0.2) is 0 Å². The molecule has 0 aromatic carbocycles. The Bertz CT molecular complexity index is 335. The van der Waals surface area contributed by atoms with Crippen LogP contribution in [-0.4, -0.2) is 21.4 Å². The number of nitrogens with zero attached hydrogens (tertiary/aromatic N) is 2. The van der Waals surface area contributed by atoms with Crippen molar-refractivity contribution in [3.63, 3.8) is 0 Å². The van der Waals surface area contributed by atoms with Crippen LogP contribution in [0, 0.1) is 0 Å². The van der Waals surface area contributed by atoms with Crippen molar-refractivity contribution < 1.29 is 0 Å². The zero-order valence-corrected chi connectivity index (χ0v) is 10.3. The maximum atomic E-state index is 5.72. The summed E-state index contributed by atoms with van der Waals surface area (Å²) in [6.07, 6.45) is 2.09. The van der Waals surface area contributed by atoms with Crippen molar-refractivity contribution in [1.29, 1.82) is 0 Å². The Kier molecular flexibility index (Phi) is 2.68. The van der Waals surface area contributed by atoms with Gasteiger partial charge in [0.2, 0.25) is 5.13 Å². The molecule has 1 heterocycles. The van der Waals surface area contributed by atoms with Crippen LogP contribution < -0.4 is 11.1 Å². The molecule has 0 radical (unpaired) electrons. The highest BCUT2D eigenvalue weighted by Gasteiger charge is 2.27. The molecule has 84 valence electrons. The van der Waals surface area contributed by atoms with Gasteiger partial charge in [0.25, 0.3) is 0 Å². The second-order valence-corrected chi connectivity index (χ2v) is 6.00. The first-order valence-corrected chi connectivity index (χ1v) is 6.09. The minimum atomic E-state index is 0.0342. The van der Waals surface area contributed by atoms with Gasteiger partial charge in [-0.25, -0.2) is 4.98 Å². The zero-order chi connectivity index (χ0) is 11.1. The molecule has 2 rings (SSSR count). The molecule has 1 saturated carbocycles. The molecule has 0 atom stereocenters. The van der Waals surface area contributed by atoms with Crippen molar-refractivity contribution in [2.24, 2.45) is 5.73 Å². The molecule has 0 saturated heterocycles. The topological polar surface area (TPSA) is 63.8 Å². The van der Waals surface area contributed by atoms with Crippen molar-refractivity contribution in [3.8, 4) is 0 Å². The first-order valence-electron chi connectivity index (χ1n) is 5.31. The lowest BCUT2D eigenvalue weighted by Gasteiger charge is -2.32. The van der Waals surface area contributed by atoms with E-state index in [9.17, 15) is 0 Å². The van der Waals surface area contributed by atoms with E-state index in [1.54, 1.807) is 0 Å². The quantitative estimate of drug-likeness (QED) is 0.806. The first kappa shape index (κ1) is 10.8. The van der Waals surface area contributed by atoms with Gasteiger partial charge < -0.3 is 11.1 Å². The zero-order valence-electron chi connectivity index (χ0n) is 9.45. The number of nitrogens with one attached hydrogen (secondary N) is 1. The Balaban J connectivity index is 1.96. The highest BCUT2D eigenvalue weighted by molar-refractivity contribution is 7.09. The van der Waals surface area contributed by atoms with Crippen molar-refractivity contribution in [2.45, 2.75) is 51.1 Å². The lowest BCUT2D eigenvalue weighted by molar-refractivity contribution is 0.373. The molecule has 0 spiro atoms. The molecular weight excluding hydrogens is 208 g/mol. The third-order valence-corrected chi connectivity index (χ3v) is 3.25. The average Bonchev–Trinajstić information content (AvgIpc) is 2.49. The lowest BCUT2D eigenvalue weighted by atomic mass is 9.88. The van der Waals surface area contributed by atoms with Crippen molar-refractivity contribution in [2.75, 3.05) is 5.32 Å². The summed E-state index contributed by atoms with van der Waals surface area (Å²) in [6.45, 7) is 6.37. The molecule has 1 aromatic rings. The van der Waals surface area contributed by atoms with Crippen LogP contribution in [0.2, 0.25) is 0 Å². The van der Waals surface area contributed by atoms with Gasteiger partial charge >= 0.3 is 0 Å². The molecule has 0 bridgehead atoms. The second kappa shape index (κ2) is 3.72. The number of hydrogen-bond acceptors (Lipinski definition) is 5. The van der Waals surface area contributed by atoms with Crippen LogP contribution in [0.3, 0.4) is 0 Å². The third kappa shape index (κ3) is 2.46. The van der Waals surface area contributed by atoms with Crippen molar-refractivity contribution in [3.05, 3.63) is 5.82 Å². The highest BCUT2D eigenvalue weighted by atomic mass is 32.1. The number of hydrogen-bond donors (Lipinski definition) is 2. The summed E-state index contributed by atoms with van der Waals surface area (Å²) in [5.41, 5.74) is 5.76. The number of nitrogens with two attached hydrogens (primary N) is 1. The molecule has 3 N–H and O–H groups in total. The first-order chi connectivity index (χ1) is 6.95. The largest absolute Gasteiger partial charge is 0.357 e. The van der Waals surface area contributed by atoms with Gasteiger partial charge in [-0.1, -0.05) is 20.8 Å². The summed E-state index contributed by atoms with van der Waals surface area (Å²) >= 11 is 1.44. The summed E-state index contributed by atoms with van der Waals surface area (Å²) < 4.78 is 4.35. The third-order valence-electron chi connectivity index (χ3n) is 2.60. The fraction of sp³-hybridized carbons (Fsp3) is 0.800. The van der Waals surface area contributed by atoms with Gasteiger partial charge in [-0.3, -0.25) is 0 Å². The van der Waals surface area contributed by atoms with Crippen LogP contribution >= 0.6 is 11.5 Å². The van der Waals surface area contributed by atoms with Crippen LogP contribution in [0.5, 0.6) is 0 Å². The Labute approximate surface area is 94.5 Å². The van der Waals surface area contributed by atoms with Gasteiger partial charge in [0.1, 0.15) is 5.82 Å². The normalized spacial score (nSPS) is 26.1. The molecule has 4 nitrogen and oxygen atoms in total. The maximum absolute atomic E-state index is 5.72. The fourth-order valence-electron chi connectivity index (χ4n) is 1.54. The predicted octanol–water partition coefficient (Wildman–Crippen LogP) is 1.74. The van der Waals surface area contributed by atoms with E-state index in [0.29, 0.717) is 12.1 Å². The smallest absolute Gasteiger partial charge is 0.202 e. The average molecular weight is 226 g/mol. The molecule has 0 unspecified atom stereocenters. The molecule has 0 amide bonds. The van der Waals surface area contributed by atoms with E-state index in [2.05, 4.69) is 35.4 Å². The summed E-state index contributed by atoms with van der Waals surface area (Å²) in [4.78, 5) is 4.48. The van der Waals surface area contributed by atoms with E-state index in [4.69, 9.17) is 5.73 Å². The number of anilines is 1. The van der Waals surface area contributed by atoms with E-state index in [1.165, 1.54) is 11.5 Å². The van der Waals surface area contributed by atoms with Gasteiger partial charge in [0.15, 0.2) is 0 Å². The Morgan fingerprint density at radius 3 is 2.53 bits per heavy atom. The van der Waals surface area contributed by atoms with Crippen molar-refractivity contribution >= 4 is 16.7 Å². The van der Waals surface area contributed by atoms with Crippen LogP contribution in [0.1, 0.15) is 39.4 Å². The van der Waals surface area contributed by atoms with Gasteiger partial charge in [-0.2, -0.15) is 4.37 Å². The highest BCUT2D eigenvalue weighted by Crippen LogP contribution is 2.26. The van der Waals surface area contributed by atoms with Gasteiger partial charge in [-0.05, 0) is 12.8 Å². The predicted molar refractivity (Wildman–Crippen MR) is 63.2 cm³/mol. The molecule has 1 aliphatic carbocycles. The monoisotopic (exact) mass is 226 g/mol. The van der Waals surface area contributed by atoms with Gasteiger partial charge in [0, 0.05) is 29.0 Å². The Morgan fingerprint density at radius 2 is 2.07 bits per heavy atom. The van der Waals surface area contributed by atoms with E-state index >= 15 is 0 Å². The van der Waals surface area contributed by atoms with E-state index < -0.39 is 0 Å². The number of rotatable bonds is 2. The Morgan fingerprint density at radius 1 is 1.40 bits per heavy atom. The van der Waals surface area contributed by atoms with Crippen LogP contribution in [0.25, 0.3) is 0 Å². The lowest BCUT2D eigenvalue weighted by Crippen LogP contribution is -2.44. The minimum Gasteiger partial charge on any atom is -0.357 e.